The molecule has 0 aromatic heterocycles. The summed E-state index contributed by atoms with van der Waals surface area (Å²) in [5.41, 5.74) is 0. The van der Waals surface area contributed by atoms with Gasteiger partial charge >= 0.3 is 6.03 Å². The Labute approximate surface area is 126 Å². The molecule has 0 saturated carbocycles. The Morgan fingerprint density at radius 2 is 1.86 bits per heavy atom. The van der Waals surface area contributed by atoms with E-state index in [0.717, 1.165) is 38.8 Å². The Morgan fingerprint density at radius 1 is 1.19 bits per heavy atom. The number of ether oxygens (including phenoxy) is 1. The van der Waals surface area contributed by atoms with Gasteiger partial charge in [0.1, 0.15) is 6.10 Å². The highest BCUT2D eigenvalue weighted by Crippen LogP contribution is 2.18. The summed E-state index contributed by atoms with van der Waals surface area (Å²) in [4.78, 5) is 27.9. The van der Waals surface area contributed by atoms with Crippen LogP contribution in [-0.4, -0.2) is 66.7 Å². The lowest BCUT2D eigenvalue weighted by atomic mass is 10.0. The second-order valence-electron chi connectivity index (χ2n) is 5.72. The third-order valence-corrected chi connectivity index (χ3v) is 4.39. The first-order chi connectivity index (χ1) is 10.2. The molecule has 21 heavy (non-hydrogen) atoms. The molecular formula is C15H27N3O3. The molecule has 2 fully saturated rings. The Morgan fingerprint density at radius 3 is 2.38 bits per heavy atom. The fourth-order valence-corrected chi connectivity index (χ4v) is 3.00. The molecule has 0 aromatic carbocycles. The number of nitrogens with one attached hydrogen (secondary N) is 1. The van der Waals surface area contributed by atoms with Crippen LogP contribution in [0.15, 0.2) is 0 Å². The highest BCUT2D eigenvalue weighted by Gasteiger charge is 2.31. The third kappa shape index (κ3) is 4.09. The maximum Gasteiger partial charge on any atom is 0.317 e. The van der Waals surface area contributed by atoms with Gasteiger partial charge in [0.15, 0.2) is 0 Å². The summed E-state index contributed by atoms with van der Waals surface area (Å²) in [7, 11) is 0. The van der Waals surface area contributed by atoms with Crippen LogP contribution >= 0.6 is 0 Å². The van der Waals surface area contributed by atoms with E-state index in [-0.39, 0.29) is 24.1 Å². The van der Waals surface area contributed by atoms with Crippen molar-refractivity contribution in [2.45, 2.75) is 51.7 Å². The van der Waals surface area contributed by atoms with Crippen LogP contribution in [0.4, 0.5) is 4.79 Å². The molecule has 0 aromatic rings. The largest absolute Gasteiger partial charge is 0.368 e. The number of piperidine rings is 1. The van der Waals surface area contributed by atoms with Crippen LogP contribution in [0.5, 0.6) is 0 Å². The highest BCUT2D eigenvalue weighted by molar-refractivity contribution is 5.81. The molecule has 2 rings (SSSR count). The van der Waals surface area contributed by atoms with E-state index in [0.29, 0.717) is 19.7 Å². The molecule has 0 aliphatic carbocycles. The first kappa shape index (κ1) is 16.1. The van der Waals surface area contributed by atoms with E-state index >= 15 is 0 Å². The molecule has 0 spiro atoms. The smallest absolute Gasteiger partial charge is 0.317 e. The van der Waals surface area contributed by atoms with Crippen LogP contribution in [0, 0.1) is 0 Å². The van der Waals surface area contributed by atoms with E-state index in [1.165, 1.54) is 0 Å². The zero-order valence-electron chi connectivity index (χ0n) is 13.1. The van der Waals surface area contributed by atoms with Crippen molar-refractivity contribution in [3.63, 3.8) is 0 Å². The summed E-state index contributed by atoms with van der Waals surface area (Å²) < 4.78 is 5.45. The number of hydrogen-bond donors (Lipinski definition) is 1. The highest BCUT2D eigenvalue weighted by atomic mass is 16.5. The van der Waals surface area contributed by atoms with Gasteiger partial charge in [0.05, 0.1) is 0 Å². The first-order valence-corrected chi connectivity index (χ1v) is 8.11. The normalized spacial score (nSPS) is 23.1. The van der Waals surface area contributed by atoms with Crippen LogP contribution in [0.3, 0.4) is 0 Å². The third-order valence-electron chi connectivity index (χ3n) is 4.39. The Hall–Kier alpha value is -1.30. The number of carbonyl (C=O) groups excluding carboxylic acids is 2. The lowest BCUT2D eigenvalue weighted by Crippen LogP contribution is -2.51. The lowest BCUT2D eigenvalue weighted by molar-refractivity contribution is -0.142. The fourth-order valence-electron chi connectivity index (χ4n) is 3.00. The van der Waals surface area contributed by atoms with E-state index < -0.39 is 0 Å². The number of amides is 3. The predicted molar refractivity (Wildman–Crippen MR) is 80.0 cm³/mol. The molecule has 3 amide bonds. The number of hydrogen-bond acceptors (Lipinski definition) is 3. The van der Waals surface area contributed by atoms with Gasteiger partial charge in [-0.2, -0.15) is 0 Å². The van der Waals surface area contributed by atoms with Gasteiger partial charge in [0.25, 0.3) is 5.91 Å². The van der Waals surface area contributed by atoms with Crippen molar-refractivity contribution in [3.05, 3.63) is 0 Å². The minimum absolute atomic E-state index is 0.00361. The molecule has 6 nitrogen and oxygen atoms in total. The quantitative estimate of drug-likeness (QED) is 0.848. The molecular weight excluding hydrogens is 270 g/mol. The van der Waals surface area contributed by atoms with Crippen molar-refractivity contribution in [1.29, 1.82) is 0 Å². The van der Waals surface area contributed by atoms with Gasteiger partial charge in [-0.05, 0) is 39.5 Å². The summed E-state index contributed by atoms with van der Waals surface area (Å²) in [6.45, 7) is 7.52. The summed E-state index contributed by atoms with van der Waals surface area (Å²) >= 11 is 0. The molecule has 0 radical (unpaired) electrons. The molecule has 2 aliphatic heterocycles. The lowest BCUT2D eigenvalue weighted by Gasteiger charge is -2.34. The number of carbonyl (C=O) groups is 2. The van der Waals surface area contributed by atoms with Crippen molar-refractivity contribution in [2.24, 2.45) is 0 Å². The molecule has 120 valence electrons. The van der Waals surface area contributed by atoms with Gasteiger partial charge < -0.3 is 19.9 Å². The Balaban J connectivity index is 1.75. The van der Waals surface area contributed by atoms with Crippen LogP contribution in [0.1, 0.15) is 39.5 Å². The van der Waals surface area contributed by atoms with Crippen molar-refractivity contribution in [1.82, 2.24) is 15.1 Å². The molecule has 2 aliphatic rings. The van der Waals surface area contributed by atoms with Gasteiger partial charge in [-0.25, -0.2) is 4.79 Å². The molecule has 0 bridgehead atoms. The monoisotopic (exact) mass is 297 g/mol. The standard InChI is InChI=1S/C15H27N3O3/c1-3-17(4-2)15(20)16-12-7-9-18(10-8-12)14(19)13-6-5-11-21-13/h12-13H,3-11H2,1-2H3,(H,16,20)/t13-/m1/s1. The van der Waals surface area contributed by atoms with Crippen molar-refractivity contribution >= 4 is 11.9 Å². The first-order valence-electron chi connectivity index (χ1n) is 8.11. The molecule has 0 unspecified atom stereocenters. The maximum atomic E-state index is 12.2. The van der Waals surface area contributed by atoms with E-state index in [9.17, 15) is 9.59 Å². The Kier molecular flexibility index (Phi) is 5.85. The van der Waals surface area contributed by atoms with Crippen molar-refractivity contribution in [3.8, 4) is 0 Å². The minimum atomic E-state index is -0.230. The average molecular weight is 297 g/mol. The number of likely N-dealkylation sites (tertiary alicyclic amines) is 1. The minimum Gasteiger partial charge on any atom is -0.368 e. The molecule has 2 saturated heterocycles. The molecule has 1 atom stereocenters. The maximum absolute atomic E-state index is 12.2. The predicted octanol–water partition coefficient (Wildman–Crippen LogP) is 1.21. The van der Waals surface area contributed by atoms with E-state index in [4.69, 9.17) is 4.74 Å². The van der Waals surface area contributed by atoms with E-state index in [2.05, 4.69) is 5.32 Å². The van der Waals surface area contributed by atoms with Crippen LogP contribution in [-0.2, 0) is 9.53 Å². The fraction of sp³-hybridized carbons (Fsp3) is 0.867. The summed E-state index contributed by atoms with van der Waals surface area (Å²) in [5, 5.41) is 3.07. The molecule has 6 heteroatoms. The zero-order chi connectivity index (χ0) is 15.2. The van der Waals surface area contributed by atoms with Crippen LogP contribution in [0.2, 0.25) is 0 Å². The van der Waals surface area contributed by atoms with Gasteiger partial charge in [-0.3, -0.25) is 4.79 Å². The number of rotatable bonds is 4. The van der Waals surface area contributed by atoms with Crippen LogP contribution < -0.4 is 5.32 Å². The van der Waals surface area contributed by atoms with Crippen molar-refractivity contribution in [2.75, 3.05) is 32.8 Å². The number of nitrogens with zero attached hydrogens (tertiary/aromatic N) is 2. The Bertz CT molecular complexity index is 357. The van der Waals surface area contributed by atoms with E-state index in [1.54, 1.807) is 4.90 Å². The number of urea groups is 1. The SMILES string of the molecule is CCN(CC)C(=O)NC1CCN(C(=O)[C@H]2CCCO2)CC1. The summed E-state index contributed by atoms with van der Waals surface area (Å²) in [5.74, 6) is 0.126. The topological polar surface area (TPSA) is 61.9 Å². The second kappa shape index (κ2) is 7.64. The van der Waals surface area contributed by atoms with Gasteiger partial charge in [0.2, 0.25) is 0 Å². The van der Waals surface area contributed by atoms with Gasteiger partial charge in [0, 0.05) is 38.8 Å². The molecule has 1 N–H and O–H groups in total. The van der Waals surface area contributed by atoms with Gasteiger partial charge in [-0.15, -0.1) is 0 Å². The van der Waals surface area contributed by atoms with E-state index in [1.807, 2.05) is 18.7 Å². The summed E-state index contributed by atoms with van der Waals surface area (Å²) in [6, 6.07) is 0.176. The van der Waals surface area contributed by atoms with Gasteiger partial charge in [-0.1, -0.05) is 0 Å². The average Bonchev–Trinajstić information content (AvgIpc) is 3.03. The second-order valence-corrected chi connectivity index (χ2v) is 5.72. The summed E-state index contributed by atoms with van der Waals surface area (Å²) in [6.07, 6.45) is 3.24. The zero-order valence-corrected chi connectivity index (χ0v) is 13.1. The molecule has 2 heterocycles. The van der Waals surface area contributed by atoms with Crippen LogP contribution in [0.25, 0.3) is 0 Å². The van der Waals surface area contributed by atoms with Crippen molar-refractivity contribution < 1.29 is 14.3 Å².